The van der Waals surface area contributed by atoms with Gasteiger partial charge in [-0.05, 0) is 23.5 Å². The summed E-state index contributed by atoms with van der Waals surface area (Å²) >= 11 is 0. The fourth-order valence-corrected chi connectivity index (χ4v) is 2.24. The number of benzene rings is 1. The van der Waals surface area contributed by atoms with Crippen LogP contribution in [0.25, 0.3) is 0 Å². The number of rotatable bonds is 7. The normalized spacial score (nSPS) is 11.3. The molecule has 1 aromatic carbocycles. The molecule has 1 aromatic heterocycles. The molecule has 6 nitrogen and oxygen atoms in total. The number of aromatic nitrogens is 3. The van der Waals surface area contributed by atoms with Crippen molar-refractivity contribution >= 4 is 17.5 Å². The van der Waals surface area contributed by atoms with Crippen LogP contribution in [0.4, 0.5) is 17.5 Å². The quantitative estimate of drug-likeness (QED) is 0.763. The summed E-state index contributed by atoms with van der Waals surface area (Å²) in [6.45, 7) is 8.04. The molecule has 2 N–H and O–H groups in total. The molecule has 0 amide bonds. The second-order valence-corrected chi connectivity index (χ2v) is 6.36. The van der Waals surface area contributed by atoms with Crippen LogP contribution in [-0.4, -0.2) is 35.4 Å². The van der Waals surface area contributed by atoms with Crippen LogP contribution in [-0.2, 0) is 10.2 Å². The first kappa shape index (κ1) is 17.1. The molecular formula is C17H25N5O. The van der Waals surface area contributed by atoms with Crippen molar-refractivity contribution in [2.75, 3.05) is 30.9 Å². The minimum Gasteiger partial charge on any atom is -0.385 e. The Morgan fingerprint density at radius 3 is 2.70 bits per heavy atom. The Hall–Kier alpha value is -2.21. The maximum atomic E-state index is 5.03. The van der Waals surface area contributed by atoms with Crippen molar-refractivity contribution in [1.29, 1.82) is 0 Å². The molecule has 0 unspecified atom stereocenters. The second kappa shape index (κ2) is 7.87. The predicted molar refractivity (Wildman–Crippen MR) is 93.2 cm³/mol. The Morgan fingerprint density at radius 2 is 1.96 bits per heavy atom. The van der Waals surface area contributed by atoms with Gasteiger partial charge in [0.2, 0.25) is 5.95 Å². The van der Waals surface area contributed by atoms with E-state index >= 15 is 0 Å². The van der Waals surface area contributed by atoms with Gasteiger partial charge in [0, 0.05) is 25.9 Å². The van der Waals surface area contributed by atoms with Crippen molar-refractivity contribution in [3.63, 3.8) is 0 Å². The van der Waals surface area contributed by atoms with Crippen molar-refractivity contribution in [2.24, 2.45) is 0 Å². The lowest BCUT2D eigenvalue weighted by Crippen LogP contribution is -2.14. The van der Waals surface area contributed by atoms with Gasteiger partial charge < -0.3 is 15.4 Å². The van der Waals surface area contributed by atoms with Gasteiger partial charge in [-0.2, -0.15) is 10.1 Å². The van der Waals surface area contributed by atoms with Crippen LogP contribution in [0.5, 0.6) is 0 Å². The van der Waals surface area contributed by atoms with Gasteiger partial charge >= 0.3 is 0 Å². The van der Waals surface area contributed by atoms with Gasteiger partial charge in [-0.3, -0.25) is 0 Å². The number of anilines is 3. The predicted octanol–water partition coefficient (Wildman–Crippen LogP) is 3.36. The highest BCUT2D eigenvalue weighted by atomic mass is 16.5. The van der Waals surface area contributed by atoms with Crippen LogP contribution in [0, 0.1) is 0 Å². The smallest absolute Gasteiger partial charge is 0.249 e. The first-order valence-electron chi connectivity index (χ1n) is 7.80. The molecule has 2 rings (SSSR count). The minimum absolute atomic E-state index is 0.0348. The maximum absolute atomic E-state index is 5.03. The first-order chi connectivity index (χ1) is 11.0. The summed E-state index contributed by atoms with van der Waals surface area (Å²) in [4.78, 5) is 4.45. The first-order valence-corrected chi connectivity index (χ1v) is 7.80. The summed E-state index contributed by atoms with van der Waals surface area (Å²) in [6.07, 6.45) is 2.53. The van der Waals surface area contributed by atoms with E-state index in [1.54, 1.807) is 13.3 Å². The molecule has 0 aliphatic rings. The molecule has 0 radical (unpaired) electrons. The third kappa shape index (κ3) is 5.17. The Balaban J connectivity index is 2.09. The zero-order valence-corrected chi connectivity index (χ0v) is 14.3. The van der Waals surface area contributed by atoms with E-state index in [1.165, 1.54) is 5.56 Å². The molecule has 124 valence electrons. The third-order valence-electron chi connectivity index (χ3n) is 3.37. The standard InChI is InChI=1S/C17H25N5O/c1-17(2,3)13-8-5-6-9-14(13)20-16-21-15(12-19-22-16)18-10-7-11-23-4/h5-6,8-9,12H,7,10-11H2,1-4H3,(H2,18,20,21,22). The van der Waals surface area contributed by atoms with Crippen LogP contribution in [0.2, 0.25) is 0 Å². The number of para-hydroxylation sites is 1. The number of methoxy groups -OCH3 is 1. The fourth-order valence-electron chi connectivity index (χ4n) is 2.24. The van der Waals surface area contributed by atoms with Gasteiger partial charge in [0.05, 0.1) is 6.20 Å². The van der Waals surface area contributed by atoms with E-state index in [1.807, 2.05) is 18.2 Å². The molecule has 1 heterocycles. The van der Waals surface area contributed by atoms with Crippen LogP contribution < -0.4 is 10.6 Å². The average molecular weight is 315 g/mol. The van der Waals surface area contributed by atoms with Crippen LogP contribution in [0.1, 0.15) is 32.8 Å². The van der Waals surface area contributed by atoms with Crippen molar-refractivity contribution in [2.45, 2.75) is 32.6 Å². The molecule has 0 aliphatic heterocycles. The van der Waals surface area contributed by atoms with E-state index in [0.29, 0.717) is 11.8 Å². The number of ether oxygens (including phenoxy) is 1. The Morgan fingerprint density at radius 1 is 1.17 bits per heavy atom. The molecule has 2 aromatic rings. The van der Waals surface area contributed by atoms with Crippen molar-refractivity contribution in [1.82, 2.24) is 15.2 Å². The second-order valence-electron chi connectivity index (χ2n) is 6.36. The molecular weight excluding hydrogens is 290 g/mol. The highest BCUT2D eigenvalue weighted by Gasteiger charge is 2.18. The maximum Gasteiger partial charge on any atom is 0.249 e. The molecule has 23 heavy (non-hydrogen) atoms. The number of hydrogen-bond donors (Lipinski definition) is 2. The average Bonchev–Trinajstić information content (AvgIpc) is 2.51. The van der Waals surface area contributed by atoms with E-state index < -0.39 is 0 Å². The summed E-state index contributed by atoms with van der Waals surface area (Å²) in [7, 11) is 1.70. The molecule has 0 fully saturated rings. The zero-order chi connectivity index (χ0) is 16.7. The van der Waals surface area contributed by atoms with E-state index in [2.05, 4.69) is 52.7 Å². The number of nitrogens with zero attached hydrogens (tertiary/aromatic N) is 3. The van der Waals surface area contributed by atoms with Gasteiger partial charge in [0.25, 0.3) is 0 Å². The van der Waals surface area contributed by atoms with Crippen molar-refractivity contribution < 1.29 is 4.74 Å². The van der Waals surface area contributed by atoms with Gasteiger partial charge in [-0.25, -0.2) is 0 Å². The lowest BCUT2D eigenvalue weighted by Gasteiger charge is -2.22. The molecule has 0 spiro atoms. The number of nitrogens with one attached hydrogen (secondary N) is 2. The van der Waals surface area contributed by atoms with Crippen LogP contribution >= 0.6 is 0 Å². The summed E-state index contributed by atoms with van der Waals surface area (Å²) < 4.78 is 5.03. The van der Waals surface area contributed by atoms with Gasteiger partial charge in [0.15, 0.2) is 5.82 Å². The summed E-state index contributed by atoms with van der Waals surface area (Å²) in [5.41, 5.74) is 2.24. The lowest BCUT2D eigenvalue weighted by molar-refractivity contribution is 0.197. The summed E-state index contributed by atoms with van der Waals surface area (Å²) in [6, 6.07) is 8.18. The van der Waals surface area contributed by atoms with Crippen LogP contribution in [0.3, 0.4) is 0 Å². The Bertz CT molecular complexity index is 624. The minimum atomic E-state index is 0.0348. The zero-order valence-electron chi connectivity index (χ0n) is 14.3. The highest BCUT2D eigenvalue weighted by molar-refractivity contribution is 5.60. The van der Waals surface area contributed by atoms with Gasteiger partial charge in [-0.1, -0.05) is 39.0 Å². The molecule has 0 bridgehead atoms. The Kier molecular flexibility index (Phi) is 5.87. The van der Waals surface area contributed by atoms with E-state index in [0.717, 1.165) is 25.3 Å². The summed E-state index contributed by atoms with van der Waals surface area (Å²) in [5, 5.41) is 14.6. The van der Waals surface area contributed by atoms with Gasteiger partial charge in [0.1, 0.15) is 0 Å². The SMILES string of the molecule is COCCCNc1cnnc(Nc2ccccc2C(C)(C)C)n1. The van der Waals surface area contributed by atoms with E-state index in [-0.39, 0.29) is 5.41 Å². The van der Waals surface area contributed by atoms with E-state index in [9.17, 15) is 0 Å². The third-order valence-corrected chi connectivity index (χ3v) is 3.37. The Labute approximate surface area is 137 Å². The molecule has 6 heteroatoms. The molecule has 0 saturated heterocycles. The van der Waals surface area contributed by atoms with Crippen molar-refractivity contribution in [3.05, 3.63) is 36.0 Å². The largest absolute Gasteiger partial charge is 0.385 e. The topological polar surface area (TPSA) is 72.0 Å². The highest BCUT2D eigenvalue weighted by Crippen LogP contribution is 2.30. The summed E-state index contributed by atoms with van der Waals surface area (Å²) in [5.74, 6) is 1.19. The number of hydrogen-bond acceptors (Lipinski definition) is 6. The molecule has 0 saturated carbocycles. The molecule has 0 atom stereocenters. The lowest BCUT2D eigenvalue weighted by atomic mass is 9.86. The van der Waals surface area contributed by atoms with Gasteiger partial charge in [-0.15, -0.1) is 5.10 Å². The van der Waals surface area contributed by atoms with E-state index in [4.69, 9.17) is 4.74 Å². The monoisotopic (exact) mass is 315 g/mol. The van der Waals surface area contributed by atoms with Crippen molar-refractivity contribution in [3.8, 4) is 0 Å². The fraction of sp³-hybridized carbons (Fsp3) is 0.471. The van der Waals surface area contributed by atoms with Crippen LogP contribution in [0.15, 0.2) is 30.5 Å². The molecule has 0 aliphatic carbocycles.